The Balaban J connectivity index is 0.000000226. The highest BCUT2D eigenvalue weighted by molar-refractivity contribution is 5.96. The number of methoxy groups -OCH3 is 2. The Morgan fingerprint density at radius 1 is 0.943 bits per heavy atom. The van der Waals surface area contributed by atoms with Crippen LogP contribution in [0.2, 0.25) is 0 Å². The molecule has 2 N–H and O–H groups in total. The van der Waals surface area contributed by atoms with Crippen molar-refractivity contribution in [2.24, 2.45) is 0 Å². The number of piperazine rings is 1. The third-order valence-corrected chi connectivity index (χ3v) is 5.75. The molecule has 1 saturated carbocycles. The SMILES string of the molecule is CN1CCN(C(=O)CNC(=O)c2ccccc2)CC1.CNCOC.COc1ccc(C2CC2)cc1. The lowest BCUT2D eigenvalue weighted by atomic mass is 10.1. The molecule has 1 aliphatic carbocycles. The van der Waals surface area contributed by atoms with E-state index in [-0.39, 0.29) is 18.4 Å². The van der Waals surface area contributed by atoms with E-state index in [1.54, 1.807) is 43.4 Å². The number of ether oxygens (including phenoxy) is 2. The maximum absolute atomic E-state index is 11.9. The second-order valence-electron chi connectivity index (χ2n) is 8.57. The van der Waals surface area contributed by atoms with Gasteiger partial charge in [0.05, 0.1) is 20.4 Å². The van der Waals surface area contributed by atoms with Gasteiger partial charge in [-0.25, -0.2) is 0 Å². The molecule has 2 aliphatic rings. The summed E-state index contributed by atoms with van der Waals surface area (Å²) < 4.78 is 9.65. The molecule has 1 heterocycles. The number of amides is 2. The first-order valence-electron chi connectivity index (χ1n) is 12.1. The van der Waals surface area contributed by atoms with E-state index in [4.69, 9.17) is 4.74 Å². The van der Waals surface area contributed by atoms with E-state index in [2.05, 4.69) is 32.4 Å². The van der Waals surface area contributed by atoms with E-state index >= 15 is 0 Å². The molecule has 0 bridgehead atoms. The monoisotopic (exact) mass is 484 g/mol. The smallest absolute Gasteiger partial charge is 0.251 e. The fourth-order valence-corrected chi connectivity index (χ4v) is 3.45. The number of carbonyl (C=O) groups excluding carboxylic acids is 2. The highest BCUT2D eigenvalue weighted by Crippen LogP contribution is 2.40. The zero-order valence-electron chi connectivity index (χ0n) is 21.5. The highest BCUT2D eigenvalue weighted by atomic mass is 16.5. The molecule has 0 radical (unpaired) electrons. The maximum Gasteiger partial charge on any atom is 0.251 e. The highest BCUT2D eigenvalue weighted by Gasteiger charge is 2.23. The van der Waals surface area contributed by atoms with Crippen molar-refractivity contribution < 1.29 is 19.1 Å². The molecule has 35 heavy (non-hydrogen) atoms. The predicted molar refractivity (Wildman–Crippen MR) is 139 cm³/mol. The van der Waals surface area contributed by atoms with Gasteiger partial charge in [-0.2, -0.15) is 0 Å². The molecular formula is C27H40N4O4. The number of rotatable bonds is 7. The summed E-state index contributed by atoms with van der Waals surface area (Å²) in [6.45, 7) is 3.95. The van der Waals surface area contributed by atoms with Crippen LogP contribution in [0.1, 0.15) is 34.7 Å². The summed E-state index contributed by atoms with van der Waals surface area (Å²) in [5.41, 5.74) is 2.04. The zero-order valence-corrected chi connectivity index (χ0v) is 21.5. The fraction of sp³-hybridized carbons (Fsp3) is 0.481. The molecule has 1 aliphatic heterocycles. The van der Waals surface area contributed by atoms with E-state index in [1.165, 1.54) is 18.4 Å². The van der Waals surface area contributed by atoms with Crippen LogP contribution in [0.15, 0.2) is 54.6 Å². The van der Waals surface area contributed by atoms with Gasteiger partial charge in [-0.15, -0.1) is 0 Å². The second-order valence-corrected chi connectivity index (χ2v) is 8.57. The van der Waals surface area contributed by atoms with Gasteiger partial charge < -0.3 is 24.6 Å². The summed E-state index contributed by atoms with van der Waals surface area (Å²) in [4.78, 5) is 27.7. The van der Waals surface area contributed by atoms with Crippen molar-refractivity contribution in [1.29, 1.82) is 0 Å². The first kappa shape index (κ1) is 28.3. The Bertz CT molecular complexity index is 863. The Labute approximate surface area is 209 Å². The van der Waals surface area contributed by atoms with Gasteiger partial charge >= 0.3 is 0 Å². The van der Waals surface area contributed by atoms with Crippen LogP contribution in [0.25, 0.3) is 0 Å². The van der Waals surface area contributed by atoms with E-state index in [0.29, 0.717) is 12.3 Å². The van der Waals surface area contributed by atoms with Crippen LogP contribution in [0.5, 0.6) is 5.75 Å². The number of likely N-dealkylation sites (N-methyl/N-ethyl adjacent to an activating group) is 1. The molecule has 2 aromatic rings. The van der Waals surface area contributed by atoms with Gasteiger partial charge in [0, 0.05) is 38.9 Å². The lowest BCUT2D eigenvalue weighted by Crippen LogP contribution is -2.50. The minimum atomic E-state index is -0.205. The van der Waals surface area contributed by atoms with Crippen molar-refractivity contribution in [3.63, 3.8) is 0 Å². The molecule has 0 spiro atoms. The molecule has 1 saturated heterocycles. The molecule has 4 rings (SSSR count). The van der Waals surface area contributed by atoms with Crippen LogP contribution in [0.3, 0.4) is 0 Å². The number of nitrogens with zero attached hydrogens (tertiary/aromatic N) is 2. The Kier molecular flexibility index (Phi) is 12.8. The fourth-order valence-electron chi connectivity index (χ4n) is 3.45. The first-order chi connectivity index (χ1) is 17.0. The lowest BCUT2D eigenvalue weighted by Gasteiger charge is -2.32. The number of benzene rings is 2. The summed E-state index contributed by atoms with van der Waals surface area (Å²) >= 11 is 0. The Morgan fingerprint density at radius 2 is 1.57 bits per heavy atom. The van der Waals surface area contributed by atoms with Crippen LogP contribution in [-0.2, 0) is 9.53 Å². The van der Waals surface area contributed by atoms with Crippen molar-refractivity contribution in [3.8, 4) is 5.75 Å². The number of hydrogen-bond acceptors (Lipinski definition) is 6. The summed E-state index contributed by atoms with van der Waals surface area (Å²) in [5, 5.41) is 5.46. The van der Waals surface area contributed by atoms with E-state index in [9.17, 15) is 9.59 Å². The quantitative estimate of drug-likeness (QED) is 0.588. The van der Waals surface area contributed by atoms with E-state index in [0.717, 1.165) is 37.8 Å². The third-order valence-electron chi connectivity index (χ3n) is 5.75. The van der Waals surface area contributed by atoms with Gasteiger partial charge in [-0.05, 0) is 62.7 Å². The average Bonchev–Trinajstić information content (AvgIpc) is 3.75. The van der Waals surface area contributed by atoms with Crippen molar-refractivity contribution in [1.82, 2.24) is 20.4 Å². The van der Waals surface area contributed by atoms with Gasteiger partial charge in [-0.3, -0.25) is 14.9 Å². The molecular weight excluding hydrogens is 444 g/mol. The van der Waals surface area contributed by atoms with Crippen LogP contribution in [-0.4, -0.2) is 89.4 Å². The summed E-state index contributed by atoms with van der Waals surface area (Å²) in [5.74, 6) is 1.58. The minimum absolute atomic E-state index is 0.0163. The molecule has 0 unspecified atom stereocenters. The zero-order chi connectivity index (χ0) is 25.5. The molecule has 192 valence electrons. The van der Waals surface area contributed by atoms with Crippen molar-refractivity contribution in [3.05, 3.63) is 65.7 Å². The summed E-state index contributed by atoms with van der Waals surface area (Å²) in [6.07, 6.45) is 2.73. The molecule has 8 nitrogen and oxygen atoms in total. The van der Waals surface area contributed by atoms with Gasteiger partial charge in [0.2, 0.25) is 5.91 Å². The van der Waals surface area contributed by atoms with Gasteiger partial charge in [-0.1, -0.05) is 30.3 Å². The maximum atomic E-state index is 11.9. The van der Waals surface area contributed by atoms with Crippen LogP contribution in [0.4, 0.5) is 0 Å². The van der Waals surface area contributed by atoms with Gasteiger partial charge in [0.1, 0.15) is 5.75 Å². The molecule has 2 fully saturated rings. The standard InChI is InChI=1S/C14H19N3O2.C10H12O.C3H9NO/c1-16-7-9-17(10-8-16)13(18)11-15-14(19)12-5-3-2-4-6-12;1-11-10-6-4-9(5-7-10)8-2-3-8;1-4-3-5-2/h2-6H,7-11H2,1H3,(H,15,19);4-8H,2-3H2,1H3;4H,3H2,1-2H3. The lowest BCUT2D eigenvalue weighted by molar-refractivity contribution is -0.131. The largest absolute Gasteiger partial charge is 0.497 e. The molecule has 0 atom stereocenters. The number of hydrogen-bond donors (Lipinski definition) is 2. The Morgan fingerprint density at radius 3 is 2.06 bits per heavy atom. The number of carbonyl (C=O) groups is 2. The summed E-state index contributed by atoms with van der Waals surface area (Å²) in [6, 6.07) is 17.3. The van der Waals surface area contributed by atoms with Crippen LogP contribution in [0, 0.1) is 0 Å². The van der Waals surface area contributed by atoms with Crippen molar-refractivity contribution >= 4 is 11.8 Å². The van der Waals surface area contributed by atoms with Crippen molar-refractivity contribution in [2.45, 2.75) is 18.8 Å². The number of nitrogens with one attached hydrogen (secondary N) is 2. The topological polar surface area (TPSA) is 83.1 Å². The average molecular weight is 485 g/mol. The third kappa shape index (κ3) is 10.9. The van der Waals surface area contributed by atoms with Crippen LogP contribution >= 0.6 is 0 Å². The van der Waals surface area contributed by atoms with E-state index in [1.807, 2.05) is 32.3 Å². The van der Waals surface area contributed by atoms with Crippen molar-refractivity contribution in [2.75, 3.05) is 67.8 Å². The molecule has 0 aromatic heterocycles. The first-order valence-corrected chi connectivity index (χ1v) is 12.1. The normalized spacial score (nSPS) is 15.1. The van der Waals surface area contributed by atoms with Crippen LogP contribution < -0.4 is 15.4 Å². The molecule has 2 amide bonds. The van der Waals surface area contributed by atoms with Gasteiger partial charge in [0.25, 0.3) is 5.91 Å². The molecule has 2 aromatic carbocycles. The summed E-state index contributed by atoms with van der Waals surface area (Å²) in [7, 11) is 7.23. The minimum Gasteiger partial charge on any atom is -0.497 e. The molecule has 8 heteroatoms. The van der Waals surface area contributed by atoms with E-state index < -0.39 is 0 Å². The Hall–Kier alpha value is -2.94. The predicted octanol–water partition coefficient (Wildman–Crippen LogP) is 2.57. The second kappa shape index (κ2) is 15.9. The van der Waals surface area contributed by atoms with Gasteiger partial charge in [0.15, 0.2) is 0 Å².